The zero-order valence-corrected chi connectivity index (χ0v) is 22.6. The van der Waals surface area contributed by atoms with Gasteiger partial charge in [0.15, 0.2) is 0 Å². The van der Waals surface area contributed by atoms with Gasteiger partial charge in [-0.3, -0.25) is 4.79 Å². The van der Waals surface area contributed by atoms with E-state index in [1.165, 1.54) is 57.8 Å². The lowest BCUT2D eigenvalue weighted by Crippen LogP contribution is -2.50. The highest BCUT2D eigenvalue weighted by molar-refractivity contribution is 5.73. The Kier molecular flexibility index (Phi) is 7.72. The van der Waals surface area contributed by atoms with E-state index >= 15 is 0 Å². The van der Waals surface area contributed by atoms with Crippen molar-refractivity contribution >= 4 is 5.97 Å². The second-order valence-electron chi connectivity index (χ2n) is 13.4. The molecule has 8 atom stereocenters. The zero-order valence-electron chi connectivity index (χ0n) is 22.6. The van der Waals surface area contributed by atoms with Crippen molar-refractivity contribution in [3.8, 4) is 0 Å². The number of fused-ring (bicyclic) bond motifs is 5. The molecule has 0 aromatic heterocycles. The molecule has 4 aliphatic rings. The van der Waals surface area contributed by atoms with Crippen LogP contribution >= 0.6 is 0 Å². The normalized spacial score (nSPS) is 41.1. The lowest BCUT2D eigenvalue weighted by Gasteiger charge is -2.58. The molecule has 0 aromatic rings. The van der Waals surface area contributed by atoms with E-state index in [1.54, 1.807) is 5.57 Å². The summed E-state index contributed by atoms with van der Waals surface area (Å²) in [5.41, 5.74) is 2.49. The first-order valence-corrected chi connectivity index (χ1v) is 14.6. The van der Waals surface area contributed by atoms with Crippen molar-refractivity contribution in [2.45, 2.75) is 119 Å². The van der Waals surface area contributed by atoms with Gasteiger partial charge in [0.1, 0.15) is 0 Å². The summed E-state index contributed by atoms with van der Waals surface area (Å²) in [6.07, 6.45) is 17.9. The summed E-state index contributed by atoms with van der Waals surface area (Å²) in [5, 5.41) is 0. The molecule has 0 N–H and O–H groups in total. The predicted octanol–water partition coefficient (Wildman–Crippen LogP) is 8.60. The number of allylic oxidation sites excluding steroid dienone is 2. The first kappa shape index (κ1) is 25.3. The summed E-state index contributed by atoms with van der Waals surface area (Å²) < 4.78 is 5.53. The molecule has 33 heavy (non-hydrogen) atoms. The Morgan fingerprint density at radius 1 is 1.06 bits per heavy atom. The van der Waals surface area contributed by atoms with Crippen LogP contribution in [0.25, 0.3) is 0 Å². The molecule has 0 unspecified atom stereocenters. The minimum Gasteiger partial charge on any atom is -0.465 e. The maximum absolute atomic E-state index is 12.6. The second kappa shape index (κ2) is 10.1. The van der Waals surface area contributed by atoms with Gasteiger partial charge in [0, 0.05) is 0 Å². The molecule has 4 aliphatic carbocycles. The molecular formula is C31H52O2. The Bertz CT molecular complexity index is 722. The van der Waals surface area contributed by atoms with E-state index in [2.05, 4.69) is 47.6 Å². The zero-order chi connectivity index (χ0) is 23.8. The van der Waals surface area contributed by atoms with E-state index in [9.17, 15) is 4.79 Å². The number of carbonyl (C=O) groups excluding carboxylic acids is 1. The molecule has 3 saturated carbocycles. The largest absolute Gasteiger partial charge is 0.465 e. The molecular weight excluding hydrogens is 404 g/mol. The molecule has 0 spiro atoms. The average molecular weight is 457 g/mol. The predicted molar refractivity (Wildman–Crippen MR) is 138 cm³/mol. The molecule has 0 aliphatic heterocycles. The molecule has 3 fully saturated rings. The van der Waals surface area contributed by atoms with Crippen LogP contribution in [-0.4, -0.2) is 12.6 Å². The molecule has 2 nitrogen and oxygen atoms in total. The summed E-state index contributed by atoms with van der Waals surface area (Å²) in [6, 6.07) is 0. The van der Waals surface area contributed by atoms with E-state index < -0.39 is 0 Å². The number of rotatable bonds is 8. The van der Waals surface area contributed by atoms with Gasteiger partial charge in [-0.15, -0.1) is 0 Å². The summed E-state index contributed by atoms with van der Waals surface area (Å²) in [4.78, 5) is 12.6. The van der Waals surface area contributed by atoms with Crippen LogP contribution in [0.5, 0.6) is 0 Å². The fourth-order valence-electron chi connectivity index (χ4n) is 9.21. The van der Waals surface area contributed by atoms with Crippen LogP contribution in [0.2, 0.25) is 0 Å². The minimum atomic E-state index is 0.0585. The Labute approximate surface area is 204 Å². The summed E-state index contributed by atoms with van der Waals surface area (Å²) >= 11 is 0. The molecule has 0 amide bonds. The first-order valence-electron chi connectivity index (χ1n) is 14.6. The highest BCUT2D eigenvalue weighted by atomic mass is 16.5. The third-order valence-corrected chi connectivity index (χ3v) is 11.1. The number of hydrogen-bond acceptors (Lipinski definition) is 2. The van der Waals surface area contributed by atoms with Crippen LogP contribution < -0.4 is 0 Å². The summed E-state index contributed by atoms with van der Waals surface area (Å²) in [5.74, 6) is 5.42. The van der Waals surface area contributed by atoms with Crippen molar-refractivity contribution in [2.75, 3.05) is 6.61 Å². The van der Waals surface area contributed by atoms with Crippen LogP contribution in [-0.2, 0) is 9.53 Å². The Morgan fingerprint density at radius 3 is 2.58 bits per heavy atom. The number of hydrogen-bond donors (Lipinski definition) is 0. The van der Waals surface area contributed by atoms with Crippen LogP contribution in [0, 0.1) is 52.3 Å². The average Bonchev–Trinajstić information content (AvgIpc) is 3.13. The van der Waals surface area contributed by atoms with Gasteiger partial charge >= 0.3 is 5.97 Å². The topological polar surface area (TPSA) is 26.3 Å². The quantitative estimate of drug-likeness (QED) is 0.270. The molecule has 0 bridgehead atoms. The SMILES string of the molecule is CCCOC(=O)[C@H]1CC[C@@]2(C)C(=CC[C@H]3[C@H]4CC[C@H]([C@@H](C)CCCC(C)C)[C@]4(C)CC[C@H]32)C1. The molecule has 2 heteroatoms. The highest BCUT2D eigenvalue weighted by Crippen LogP contribution is 2.67. The van der Waals surface area contributed by atoms with Crippen LogP contribution in [0.4, 0.5) is 0 Å². The van der Waals surface area contributed by atoms with Crippen molar-refractivity contribution in [2.24, 2.45) is 52.3 Å². The monoisotopic (exact) mass is 456 g/mol. The van der Waals surface area contributed by atoms with Crippen LogP contribution in [0.1, 0.15) is 119 Å². The number of esters is 1. The lowest BCUT2D eigenvalue weighted by atomic mass is 9.46. The Morgan fingerprint density at radius 2 is 1.85 bits per heavy atom. The molecule has 0 radical (unpaired) electrons. The standard InChI is InChI=1S/C31H52O2/c1-7-19-33-29(32)23-15-17-30(5)24(20-23)11-12-25-27-14-13-26(22(4)10-8-9-21(2)3)31(27,6)18-16-28(25)30/h11,21-23,25-28H,7-10,12-20H2,1-6H3/t22-,23-,25-,26+,27+,28+,30-,31-/m0/s1. The van der Waals surface area contributed by atoms with Crippen molar-refractivity contribution in [3.05, 3.63) is 11.6 Å². The molecule has 188 valence electrons. The van der Waals surface area contributed by atoms with E-state index in [1.807, 2.05) is 0 Å². The van der Waals surface area contributed by atoms with Crippen molar-refractivity contribution in [1.82, 2.24) is 0 Å². The van der Waals surface area contributed by atoms with Crippen molar-refractivity contribution < 1.29 is 9.53 Å². The Balaban J connectivity index is 1.45. The third kappa shape index (κ3) is 4.71. The van der Waals surface area contributed by atoms with Crippen LogP contribution in [0.15, 0.2) is 11.6 Å². The van der Waals surface area contributed by atoms with Gasteiger partial charge in [0.2, 0.25) is 0 Å². The van der Waals surface area contributed by atoms with Crippen LogP contribution in [0.3, 0.4) is 0 Å². The molecule has 4 rings (SSSR count). The maximum Gasteiger partial charge on any atom is 0.309 e. The van der Waals surface area contributed by atoms with E-state index in [0.717, 1.165) is 54.8 Å². The molecule has 0 saturated heterocycles. The van der Waals surface area contributed by atoms with E-state index in [-0.39, 0.29) is 11.9 Å². The van der Waals surface area contributed by atoms with Gasteiger partial charge in [-0.25, -0.2) is 0 Å². The fourth-order valence-corrected chi connectivity index (χ4v) is 9.21. The van der Waals surface area contributed by atoms with Gasteiger partial charge < -0.3 is 4.74 Å². The van der Waals surface area contributed by atoms with Crippen molar-refractivity contribution in [3.63, 3.8) is 0 Å². The second-order valence-corrected chi connectivity index (χ2v) is 13.4. The maximum atomic E-state index is 12.6. The van der Waals surface area contributed by atoms with E-state index in [0.29, 0.717) is 17.4 Å². The molecule has 0 aromatic carbocycles. The number of ether oxygens (including phenoxy) is 1. The third-order valence-electron chi connectivity index (χ3n) is 11.1. The summed E-state index contributed by atoms with van der Waals surface area (Å²) in [7, 11) is 0. The van der Waals surface area contributed by atoms with Gasteiger partial charge in [0.25, 0.3) is 0 Å². The Hall–Kier alpha value is -0.790. The van der Waals surface area contributed by atoms with Gasteiger partial charge in [-0.1, -0.05) is 72.5 Å². The lowest BCUT2D eigenvalue weighted by molar-refractivity contribution is -0.150. The van der Waals surface area contributed by atoms with Gasteiger partial charge in [-0.2, -0.15) is 0 Å². The van der Waals surface area contributed by atoms with Gasteiger partial charge in [-0.05, 0) is 104 Å². The summed E-state index contributed by atoms with van der Waals surface area (Å²) in [6.45, 7) is 15.2. The van der Waals surface area contributed by atoms with E-state index in [4.69, 9.17) is 4.74 Å². The number of carbonyl (C=O) groups is 1. The fraction of sp³-hybridized carbons (Fsp3) is 0.903. The first-order chi connectivity index (χ1) is 15.7. The highest BCUT2D eigenvalue weighted by Gasteiger charge is 2.59. The van der Waals surface area contributed by atoms with Gasteiger partial charge in [0.05, 0.1) is 12.5 Å². The van der Waals surface area contributed by atoms with Crippen molar-refractivity contribution in [1.29, 1.82) is 0 Å². The minimum absolute atomic E-state index is 0.0585. The smallest absolute Gasteiger partial charge is 0.309 e. The molecule has 0 heterocycles.